The minimum absolute atomic E-state index is 0.0731. The zero-order chi connectivity index (χ0) is 16.2. The summed E-state index contributed by atoms with van der Waals surface area (Å²) in [6.07, 6.45) is 4.72. The van der Waals surface area contributed by atoms with E-state index < -0.39 is 0 Å². The van der Waals surface area contributed by atoms with Crippen LogP contribution in [0, 0.1) is 17.3 Å². The molecule has 2 fully saturated rings. The second kappa shape index (κ2) is 5.08. The summed E-state index contributed by atoms with van der Waals surface area (Å²) in [5, 5.41) is 12.5. The zero-order valence-electron chi connectivity index (χ0n) is 13.7. The fourth-order valence-electron chi connectivity index (χ4n) is 5.38. The van der Waals surface area contributed by atoms with Gasteiger partial charge in [0.1, 0.15) is 11.5 Å². The maximum Gasteiger partial charge on any atom is 0.186 e. The molecule has 0 amide bonds. The molecule has 122 valence electrons. The molecule has 0 saturated heterocycles. The highest BCUT2D eigenvalue weighted by Gasteiger charge is 2.57. The van der Waals surface area contributed by atoms with Crippen LogP contribution in [-0.2, 0) is 11.2 Å². The molecular weight excluding hydrogens is 290 g/mol. The molecule has 1 aromatic rings. The quantitative estimate of drug-likeness (QED) is 0.637. The Hall–Kier alpha value is -1.84. The van der Waals surface area contributed by atoms with Crippen molar-refractivity contribution >= 4 is 11.5 Å². The van der Waals surface area contributed by atoms with E-state index in [1.54, 1.807) is 7.11 Å². The van der Waals surface area contributed by atoms with Gasteiger partial charge in [-0.15, -0.1) is 0 Å². The Bertz CT molecular complexity index is 696. The van der Waals surface area contributed by atoms with E-state index in [1.807, 2.05) is 0 Å². The first-order valence-corrected chi connectivity index (χ1v) is 8.51. The van der Waals surface area contributed by atoms with E-state index in [-0.39, 0.29) is 11.2 Å². The number of methoxy groups -OCH3 is 1. The van der Waals surface area contributed by atoms with Gasteiger partial charge in [0.25, 0.3) is 0 Å². The largest absolute Gasteiger partial charge is 0.497 e. The average molecular weight is 313 g/mol. The highest BCUT2D eigenvalue weighted by molar-refractivity contribution is 6.43. The molecule has 0 radical (unpaired) electrons. The molecule has 0 aromatic heterocycles. The van der Waals surface area contributed by atoms with Crippen LogP contribution in [0.3, 0.4) is 0 Å². The topological polar surface area (TPSA) is 58.9 Å². The third kappa shape index (κ3) is 1.97. The van der Waals surface area contributed by atoms with Crippen LogP contribution in [0.4, 0.5) is 0 Å². The van der Waals surface area contributed by atoms with Gasteiger partial charge in [0.15, 0.2) is 5.78 Å². The Balaban J connectivity index is 1.71. The molecule has 4 rings (SSSR count). The molecule has 1 aromatic carbocycles. The van der Waals surface area contributed by atoms with Crippen LogP contribution in [-0.4, -0.2) is 23.8 Å². The first-order chi connectivity index (χ1) is 11.1. The molecule has 3 aliphatic carbocycles. The van der Waals surface area contributed by atoms with Crippen molar-refractivity contribution in [3.8, 4) is 5.75 Å². The summed E-state index contributed by atoms with van der Waals surface area (Å²) in [6, 6.07) is 6.43. The van der Waals surface area contributed by atoms with Crippen molar-refractivity contribution in [1.82, 2.24) is 0 Å². The van der Waals surface area contributed by atoms with Gasteiger partial charge in [0.2, 0.25) is 0 Å². The Morgan fingerprint density at radius 1 is 1.35 bits per heavy atom. The molecule has 1 N–H and O–H groups in total. The van der Waals surface area contributed by atoms with Crippen LogP contribution in [0.2, 0.25) is 0 Å². The second-order valence-corrected chi connectivity index (χ2v) is 7.52. The first kappa shape index (κ1) is 14.7. The lowest BCUT2D eigenvalue weighted by atomic mass is 9.55. The number of oxime groups is 1. The molecule has 4 heteroatoms. The fourth-order valence-corrected chi connectivity index (χ4v) is 5.38. The Morgan fingerprint density at radius 2 is 2.17 bits per heavy atom. The van der Waals surface area contributed by atoms with Crippen LogP contribution in [0.25, 0.3) is 0 Å². The number of hydrogen-bond donors (Lipinski definition) is 1. The molecule has 2 saturated carbocycles. The summed E-state index contributed by atoms with van der Waals surface area (Å²) < 4.78 is 5.36. The van der Waals surface area contributed by atoms with Gasteiger partial charge in [-0.05, 0) is 66.7 Å². The highest BCUT2D eigenvalue weighted by Crippen LogP contribution is 2.59. The molecule has 4 unspecified atom stereocenters. The Morgan fingerprint density at radius 3 is 2.91 bits per heavy atom. The Kier molecular flexibility index (Phi) is 3.26. The lowest BCUT2D eigenvalue weighted by Gasteiger charge is -2.47. The standard InChI is InChI=1S/C19H23NO3/c1-19-8-7-14-13-6-4-12(23-2)9-11(13)3-5-15(14)16(19)10-17(20-22)18(19)21/h4,6,9,14-16,22H,3,5,7-8,10H2,1-2H3/b20-17-. The third-order valence-corrected chi connectivity index (χ3v) is 6.64. The van der Waals surface area contributed by atoms with Gasteiger partial charge in [0.05, 0.1) is 7.11 Å². The maximum absolute atomic E-state index is 12.6. The lowest BCUT2D eigenvalue weighted by molar-refractivity contribution is -0.125. The number of fused-ring (bicyclic) bond motifs is 5. The van der Waals surface area contributed by atoms with E-state index in [2.05, 4.69) is 30.3 Å². The predicted octanol–water partition coefficient (Wildman–Crippen LogP) is 3.56. The zero-order valence-corrected chi connectivity index (χ0v) is 13.7. The lowest BCUT2D eigenvalue weighted by Crippen LogP contribution is -2.42. The molecule has 23 heavy (non-hydrogen) atoms. The summed E-state index contributed by atoms with van der Waals surface area (Å²) in [6.45, 7) is 2.08. The van der Waals surface area contributed by atoms with Crippen molar-refractivity contribution < 1.29 is 14.7 Å². The maximum atomic E-state index is 12.6. The first-order valence-electron chi connectivity index (χ1n) is 8.51. The van der Waals surface area contributed by atoms with Crippen LogP contribution in [0.1, 0.15) is 49.7 Å². The number of hydrogen-bond acceptors (Lipinski definition) is 4. The van der Waals surface area contributed by atoms with E-state index in [9.17, 15) is 4.79 Å². The van der Waals surface area contributed by atoms with Crippen molar-refractivity contribution in [2.75, 3.05) is 7.11 Å². The number of rotatable bonds is 1. The molecule has 0 spiro atoms. The predicted molar refractivity (Wildman–Crippen MR) is 87.2 cm³/mol. The Labute approximate surface area is 136 Å². The summed E-state index contributed by atoms with van der Waals surface area (Å²) >= 11 is 0. The number of carbonyl (C=O) groups excluding carboxylic acids is 1. The molecule has 0 aliphatic heterocycles. The number of ether oxygens (including phenoxy) is 1. The van der Waals surface area contributed by atoms with Crippen LogP contribution in [0.5, 0.6) is 5.75 Å². The number of aryl methyl sites for hydroxylation is 1. The summed E-state index contributed by atoms with van der Waals surface area (Å²) in [5.41, 5.74) is 2.89. The van der Waals surface area contributed by atoms with E-state index in [1.165, 1.54) is 11.1 Å². The van der Waals surface area contributed by atoms with Gasteiger partial charge in [-0.1, -0.05) is 18.1 Å². The highest BCUT2D eigenvalue weighted by atomic mass is 16.5. The second-order valence-electron chi connectivity index (χ2n) is 7.52. The van der Waals surface area contributed by atoms with Crippen LogP contribution >= 0.6 is 0 Å². The van der Waals surface area contributed by atoms with E-state index >= 15 is 0 Å². The van der Waals surface area contributed by atoms with Gasteiger partial charge in [-0.25, -0.2) is 0 Å². The van der Waals surface area contributed by atoms with Crippen LogP contribution < -0.4 is 4.74 Å². The van der Waals surface area contributed by atoms with Gasteiger partial charge in [-0.3, -0.25) is 4.79 Å². The molecule has 4 nitrogen and oxygen atoms in total. The molecular formula is C19H23NO3. The number of benzene rings is 1. The summed E-state index contributed by atoms with van der Waals surface area (Å²) in [4.78, 5) is 12.6. The minimum Gasteiger partial charge on any atom is -0.497 e. The monoisotopic (exact) mass is 313 g/mol. The smallest absolute Gasteiger partial charge is 0.186 e. The van der Waals surface area contributed by atoms with Crippen LogP contribution in [0.15, 0.2) is 23.4 Å². The van der Waals surface area contributed by atoms with Gasteiger partial charge in [0, 0.05) is 11.8 Å². The number of carbonyl (C=O) groups is 1. The van der Waals surface area contributed by atoms with Crippen molar-refractivity contribution in [1.29, 1.82) is 0 Å². The summed E-state index contributed by atoms with van der Waals surface area (Å²) in [7, 11) is 1.71. The third-order valence-electron chi connectivity index (χ3n) is 6.64. The van der Waals surface area contributed by atoms with E-state index in [0.29, 0.717) is 29.9 Å². The van der Waals surface area contributed by atoms with Gasteiger partial charge < -0.3 is 9.94 Å². The summed E-state index contributed by atoms with van der Waals surface area (Å²) in [5.74, 6) is 2.35. The van der Waals surface area contributed by atoms with Crippen molar-refractivity contribution in [3.05, 3.63) is 29.3 Å². The normalized spacial score (nSPS) is 37.2. The fraction of sp³-hybridized carbons (Fsp3) is 0.579. The number of Topliss-reactive ketones (excluding diaryl/α,β-unsaturated/α-hetero) is 1. The molecule has 0 heterocycles. The van der Waals surface area contributed by atoms with Crippen molar-refractivity contribution in [3.63, 3.8) is 0 Å². The SMILES string of the molecule is COc1ccc2c(c1)CCC1C2CCC2(C)C(=O)/C(=N\O)CC12. The number of ketones is 1. The van der Waals surface area contributed by atoms with E-state index in [0.717, 1.165) is 31.4 Å². The molecule has 0 bridgehead atoms. The minimum atomic E-state index is -0.327. The van der Waals surface area contributed by atoms with Crippen molar-refractivity contribution in [2.24, 2.45) is 22.4 Å². The van der Waals surface area contributed by atoms with Gasteiger partial charge >= 0.3 is 0 Å². The number of nitrogens with zero attached hydrogens (tertiary/aromatic N) is 1. The van der Waals surface area contributed by atoms with Gasteiger partial charge in [-0.2, -0.15) is 0 Å². The van der Waals surface area contributed by atoms with E-state index in [4.69, 9.17) is 9.94 Å². The molecule has 3 aliphatic rings. The average Bonchev–Trinajstić information content (AvgIpc) is 2.85. The molecule has 4 atom stereocenters. The van der Waals surface area contributed by atoms with Crippen molar-refractivity contribution in [2.45, 2.75) is 44.9 Å².